The number of hydrogen-bond acceptors (Lipinski definition) is 4. The number of hydrogen-bond donors (Lipinski definition) is 2. The van der Waals surface area contributed by atoms with Gasteiger partial charge in [0.2, 0.25) is 0 Å². The van der Waals surface area contributed by atoms with Gasteiger partial charge < -0.3 is 20.3 Å². The lowest BCUT2D eigenvalue weighted by atomic mass is 10.2. The van der Waals surface area contributed by atoms with Gasteiger partial charge in [0.05, 0.1) is 6.61 Å². The van der Waals surface area contributed by atoms with E-state index in [1.807, 2.05) is 13.0 Å². The van der Waals surface area contributed by atoms with Gasteiger partial charge >= 0.3 is 5.97 Å². The average Bonchev–Trinajstić information content (AvgIpc) is 2.43. The van der Waals surface area contributed by atoms with Crippen molar-refractivity contribution in [3.05, 3.63) is 48.0 Å². The predicted molar refractivity (Wildman–Crippen MR) is 75.5 cm³/mol. The van der Waals surface area contributed by atoms with Crippen LogP contribution in [0.1, 0.15) is 17.3 Å². The van der Waals surface area contributed by atoms with E-state index in [9.17, 15) is 9.90 Å². The largest absolute Gasteiger partial charge is 0.490 e. The molecule has 0 aliphatic carbocycles. The van der Waals surface area contributed by atoms with Crippen LogP contribution in [0, 0.1) is 0 Å². The van der Waals surface area contributed by atoms with Gasteiger partial charge in [-0.2, -0.15) is 0 Å². The summed E-state index contributed by atoms with van der Waals surface area (Å²) >= 11 is 0. The van der Waals surface area contributed by atoms with E-state index in [1.165, 1.54) is 12.1 Å². The molecule has 2 rings (SSSR count). The van der Waals surface area contributed by atoms with E-state index in [2.05, 4.69) is 0 Å². The zero-order valence-electron chi connectivity index (χ0n) is 11.0. The molecule has 20 heavy (non-hydrogen) atoms. The molecule has 0 radical (unpaired) electrons. The van der Waals surface area contributed by atoms with Crippen LogP contribution in [0.3, 0.4) is 0 Å². The second-order valence-electron chi connectivity index (χ2n) is 4.04. The number of para-hydroxylation sites is 2. The molecule has 0 amide bonds. The standard InChI is InChI=1S/C15H15NO4/c1-2-19-13-5-3-4-6-14(13)20-12-8-7-10(16)9-11(12)15(17)18/h3-9H,2,16H2,1H3,(H,17,18). The van der Waals surface area contributed by atoms with Crippen molar-refractivity contribution >= 4 is 11.7 Å². The first-order valence-electron chi connectivity index (χ1n) is 6.14. The number of nitrogen functional groups attached to an aromatic ring is 1. The van der Waals surface area contributed by atoms with Gasteiger partial charge in [-0.1, -0.05) is 12.1 Å². The first-order valence-corrected chi connectivity index (χ1v) is 6.14. The number of carbonyl (C=O) groups is 1. The molecular weight excluding hydrogens is 258 g/mol. The van der Waals surface area contributed by atoms with E-state index >= 15 is 0 Å². The summed E-state index contributed by atoms with van der Waals surface area (Å²) in [6.07, 6.45) is 0. The van der Waals surface area contributed by atoms with Crippen LogP contribution in [0.15, 0.2) is 42.5 Å². The Labute approximate surface area is 116 Å². The number of carboxylic acid groups (broad SMARTS) is 1. The van der Waals surface area contributed by atoms with Gasteiger partial charge in [0.15, 0.2) is 11.5 Å². The molecule has 0 aromatic heterocycles. The van der Waals surface area contributed by atoms with Crippen LogP contribution in [0.4, 0.5) is 5.69 Å². The highest BCUT2D eigenvalue weighted by molar-refractivity contribution is 5.92. The summed E-state index contributed by atoms with van der Waals surface area (Å²) in [6.45, 7) is 2.36. The Bertz CT molecular complexity index is 625. The number of benzene rings is 2. The Kier molecular flexibility index (Phi) is 4.10. The monoisotopic (exact) mass is 273 g/mol. The third kappa shape index (κ3) is 3.00. The van der Waals surface area contributed by atoms with Gasteiger partial charge in [-0.3, -0.25) is 0 Å². The molecule has 2 aromatic rings. The number of nitrogens with two attached hydrogens (primary N) is 1. The molecule has 5 nitrogen and oxygen atoms in total. The van der Waals surface area contributed by atoms with Crippen LogP contribution >= 0.6 is 0 Å². The van der Waals surface area contributed by atoms with E-state index in [0.29, 0.717) is 23.8 Å². The first-order chi connectivity index (χ1) is 9.61. The third-order valence-corrected chi connectivity index (χ3v) is 2.60. The minimum atomic E-state index is -1.10. The Morgan fingerprint density at radius 1 is 1.15 bits per heavy atom. The zero-order valence-corrected chi connectivity index (χ0v) is 11.0. The number of ether oxygens (including phenoxy) is 2. The Morgan fingerprint density at radius 3 is 2.50 bits per heavy atom. The molecule has 0 saturated heterocycles. The van der Waals surface area contributed by atoms with Crippen molar-refractivity contribution in [3.63, 3.8) is 0 Å². The Morgan fingerprint density at radius 2 is 1.85 bits per heavy atom. The van der Waals surface area contributed by atoms with Crippen molar-refractivity contribution in [2.75, 3.05) is 12.3 Å². The van der Waals surface area contributed by atoms with E-state index < -0.39 is 5.97 Å². The van der Waals surface area contributed by atoms with Crippen LogP contribution < -0.4 is 15.2 Å². The van der Waals surface area contributed by atoms with Gasteiger partial charge in [-0.25, -0.2) is 4.79 Å². The summed E-state index contributed by atoms with van der Waals surface area (Å²) in [4.78, 5) is 11.2. The molecule has 0 bridgehead atoms. The van der Waals surface area contributed by atoms with Crippen LogP contribution in [-0.2, 0) is 0 Å². The van der Waals surface area contributed by atoms with E-state index in [-0.39, 0.29) is 11.3 Å². The number of anilines is 1. The van der Waals surface area contributed by atoms with Gasteiger partial charge in [0, 0.05) is 5.69 Å². The molecule has 0 fully saturated rings. The fourth-order valence-electron chi connectivity index (χ4n) is 1.73. The van der Waals surface area contributed by atoms with Crippen molar-refractivity contribution in [1.29, 1.82) is 0 Å². The predicted octanol–water partition coefficient (Wildman–Crippen LogP) is 3.16. The number of carboxylic acids is 1. The molecule has 0 aliphatic heterocycles. The van der Waals surface area contributed by atoms with Gasteiger partial charge in [0.25, 0.3) is 0 Å². The van der Waals surface area contributed by atoms with Crippen molar-refractivity contribution in [2.45, 2.75) is 6.92 Å². The van der Waals surface area contributed by atoms with Crippen LogP contribution in [0.2, 0.25) is 0 Å². The minimum Gasteiger partial charge on any atom is -0.490 e. The number of aromatic carboxylic acids is 1. The smallest absolute Gasteiger partial charge is 0.339 e. The lowest BCUT2D eigenvalue weighted by Gasteiger charge is -2.13. The fourth-order valence-corrected chi connectivity index (χ4v) is 1.73. The molecule has 104 valence electrons. The van der Waals surface area contributed by atoms with Gasteiger partial charge in [0.1, 0.15) is 11.3 Å². The molecule has 5 heteroatoms. The normalized spacial score (nSPS) is 10.1. The van der Waals surface area contributed by atoms with Gasteiger partial charge in [-0.15, -0.1) is 0 Å². The molecule has 0 heterocycles. The Balaban J connectivity index is 2.37. The zero-order chi connectivity index (χ0) is 14.5. The van der Waals surface area contributed by atoms with Gasteiger partial charge in [-0.05, 0) is 37.3 Å². The van der Waals surface area contributed by atoms with Crippen molar-refractivity contribution in [2.24, 2.45) is 0 Å². The summed E-state index contributed by atoms with van der Waals surface area (Å²) in [5.41, 5.74) is 5.97. The summed E-state index contributed by atoms with van der Waals surface area (Å²) in [5.74, 6) is 0.143. The molecule has 0 spiro atoms. The summed E-state index contributed by atoms with van der Waals surface area (Å²) < 4.78 is 11.1. The molecule has 0 aliphatic rings. The maximum atomic E-state index is 11.2. The SMILES string of the molecule is CCOc1ccccc1Oc1ccc(N)cc1C(=O)O. The van der Waals surface area contributed by atoms with Crippen molar-refractivity contribution in [1.82, 2.24) is 0 Å². The van der Waals surface area contributed by atoms with E-state index in [1.54, 1.807) is 24.3 Å². The number of rotatable bonds is 5. The lowest BCUT2D eigenvalue weighted by molar-refractivity contribution is 0.0694. The summed E-state index contributed by atoms with van der Waals surface area (Å²) in [7, 11) is 0. The lowest BCUT2D eigenvalue weighted by Crippen LogP contribution is -2.02. The minimum absolute atomic E-state index is 0.0105. The molecule has 2 aromatic carbocycles. The van der Waals surface area contributed by atoms with Crippen molar-refractivity contribution < 1.29 is 19.4 Å². The fraction of sp³-hybridized carbons (Fsp3) is 0.133. The molecule has 0 saturated carbocycles. The highest BCUT2D eigenvalue weighted by atomic mass is 16.5. The molecular formula is C15H15NO4. The second kappa shape index (κ2) is 5.97. The average molecular weight is 273 g/mol. The van der Waals surface area contributed by atoms with Crippen molar-refractivity contribution in [3.8, 4) is 17.2 Å². The highest BCUT2D eigenvalue weighted by Crippen LogP contribution is 2.33. The quantitative estimate of drug-likeness (QED) is 0.818. The maximum Gasteiger partial charge on any atom is 0.339 e. The highest BCUT2D eigenvalue weighted by Gasteiger charge is 2.14. The summed E-state index contributed by atoms with van der Waals surface area (Å²) in [6, 6.07) is 11.6. The van der Waals surface area contributed by atoms with E-state index in [4.69, 9.17) is 15.2 Å². The van der Waals surface area contributed by atoms with Crippen LogP contribution in [0.5, 0.6) is 17.2 Å². The van der Waals surface area contributed by atoms with Crippen LogP contribution in [-0.4, -0.2) is 17.7 Å². The van der Waals surface area contributed by atoms with E-state index in [0.717, 1.165) is 0 Å². The topological polar surface area (TPSA) is 81.8 Å². The maximum absolute atomic E-state index is 11.2. The molecule has 0 atom stereocenters. The third-order valence-electron chi connectivity index (χ3n) is 2.60. The Hall–Kier alpha value is -2.69. The summed E-state index contributed by atoms with van der Waals surface area (Å²) in [5, 5.41) is 9.17. The second-order valence-corrected chi connectivity index (χ2v) is 4.04. The first kappa shape index (κ1) is 13.7. The molecule has 0 unspecified atom stereocenters. The van der Waals surface area contributed by atoms with Crippen LogP contribution in [0.25, 0.3) is 0 Å². The molecule has 3 N–H and O–H groups in total.